The van der Waals surface area contributed by atoms with Crippen LogP contribution in [0.5, 0.6) is 11.5 Å². The molecule has 1 amide bonds. The second-order valence-electron chi connectivity index (χ2n) is 8.83. The number of carbonyl (C=O) groups excluding carboxylic acids is 2. The number of Topliss-reactive ketones (excluding diaryl/α,β-unsaturated/α-hetero) is 1. The molecule has 2 aromatic rings. The van der Waals surface area contributed by atoms with Crippen LogP contribution in [0.15, 0.2) is 36.4 Å². The minimum Gasteiger partial charge on any atom is -0.497 e. The van der Waals surface area contributed by atoms with Crippen LogP contribution in [0.3, 0.4) is 0 Å². The van der Waals surface area contributed by atoms with Crippen LogP contribution >= 0.6 is 0 Å². The normalized spacial score (nSPS) is 18.8. The fourth-order valence-corrected chi connectivity index (χ4v) is 4.91. The van der Waals surface area contributed by atoms with E-state index in [-0.39, 0.29) is 17.7 Å². The molecular weight excluding hydrogens is 437 g/mol. The Morgan fingerprint density at radius 2 is 1.76 bits per heavy atom. The number of hydrogen-bond donors (Lipinski definition) is 0. The number of anilines is 1. The number of hydrogen-bond acceptors (Lipinski definition) is 6. The van der Waals surface area contributed by atoms with E-state index in [0.717, 1.165) is 36.4 Å². The van der Waals surface area contributed by atoms with Gasteiger partial charge >= 0.3 is 0 Å². The van der Waals surface area contributed by atoms with Gasteiger partial charge in [-0.1, -0.05) is 6.07 Å². The molecule has 0 radical (unpaired) electrons. The van der Waals surface area contributed by atoms with E-state index in [1.54, 1.807) is 26.4 Å². The van der Waals surface area contributed by atoms with Crippen molar-refractivity contribution in [3.63, 3.8) is 0 Å². The maximum atomic E-state index is 14.5. The van der Waals surface area contributed by atoms with E-state index in [0.29, 0.717) is 44.0 Å². The average Bonchev–Trinajstić information content (AvgIpc) is 3.31. The van der Waals surface area contributed by atoms with Gasteiger partial charge in [0.05, 0.1) is 26.5 Å². The van der Waals surface area contributed by atoms with Gasteiger partial charge in [0.15, 0.2) is 5.78 Å². The predicted molar refractivity (Wildman–Crippen MR) is 128 cm³/mol. The molecule has 2 saturated heterocycles. The molecule has 0 N–H and O–H groups in total. The van der Waals surface area contributed by atoms with Gasteiger partial charge < -0.3 is 19.3 Å². The highest BCUT2D eigenvalue weighted by atomic mass is 19.1. The summed E-state index contributed by atoms with van der Waals surface area (Å²) in [6.45, 7) is 4.82. The van der Waals surface area contributed by atoms with Gasteiger partial charge in [0.1, 0.15) is 17.3 Å². The van der Waals surface area contributed by atoms with Gasteiger partial charge in [0.25, 0.3) is 0 Å². The Kier molecular flexibility index (Phi) is 7.36. The van der Waals surface area contributed by atoms with Crippen molar-refractivity contribution < 1.29 is 23.5 Å². The van der Waals surface area contributed by atoms with Gasteiger partial charge in [0, 0.05) is 49.4 Å². The highest BCUT2D eigenvalue weighted by Crippen LogP contribution is 2.38. The number of ketones is 1. The summed E-state index contributed by atoms with van der Waals surface area (Å²) in [6, 6.07) is 10.6. The van der Waals surface area contributed by atoms with Crippen LogP contribution in [0.25, 0.3) is 0 Å². The summed E-state index contributed by atoms with van der Waals surface area (Å²) in [5, 5.41) is 0. The Morgan fingerprint density at radius 3 is 2.41 bits per heavy atom. The first kappa shape index (κ1) is 24.0. The number of carbonyl (C=O) groups is 2. The first-order chi connectivity index (χ1) is 16.4. The zero-order valence-corrected chi connectivity index (χ0v) is 20.1. The zero-order chi connectivity index (χ0) is 24.2. The molecule has 0 aromatic heterocycles. The molecule has 2 heterocycles. The van der Waals surface area contributed by atoms with Crippen molar-refractivity contribution in [1.29, 1.82) is 0 Å². The highest BCUT2D eigenvalue weighted by molar-refractivity contribution is 5.94. The molecule has 8 heteroatoms. The van der Waals surface area contributed by atoms with Gasteiger partial charge in [0.2, 0.25) is 5.91 Å². The lowest BCUT2D eigenvalue weighted by Gasteiger charge is -2.37. The zero-order valence-electron chi connectivity index (χ0n) is 20.1. The van der Waals surface area contributed by atoms with Crippen LogP contribution in [-0.4, -0.2) is 75.0 Å². The van der Waals surface area contributed by atoms with E-state index in [1.165, 1.54) is 13.0 Å². The second-order valence-corrected chi connectivity index (χ2v) is 8.83. The smallest absolute Gasteiger partial charge is 0.236 e. The summed E-state index contributed by atoms with van der Waals surface area (Å²) >= 11 is 0. The third kappa shape index (κ3) is 5.01. The predicted octanol–water partition coefficient (Wildman–Crippen LogP) is 3.53. The molecule has 2 aliphatic rings. The van der Waals surface area contributed by atoms with E-state index < -0.39 is 5.82 Å². The van der Waals surface area contributed by atoms with Gasteiger partial charge in [-0.2, -0.15) is 0 Å². The number of nitrogens with zero attached hydrogens (tertiary/aromatic N) is 3. The van der Waals surface area contributed by atoms with Gasteiger partial charge in [-0.3, -0.25) is 14.5 Å². The third-order valence-corrected chi connectivity index (χ3v) is 6.83. The molecule has 182 valence electrons. The molecule has 0 saturated carbocycles. The van der Waals surface area contributed by atoms with Crippen molar-refractivity contribution in [3.05, 3.63) is 53.3 Å². The van der Waals surface area contributed by atoms with Crippen LogP contribution in [0, 0.1) is 5.82 Å². The molecule has 2 aromatic carbocycles. The van der Waals surface area contributed by atoms with Crippen molar-refractivity contribution in [3.8, 4) is 11.5 Å². The van der Waals surface area contributed by atoms with E-state index in [4.69, 9.17) is 9.47 Å². The van der Waals surface area contributed by atoms with E-state index in [2.05, 4.69) is 4.90 Å². The molecule has 2 aliphatic heterocycles. The molecule has 34 heavy (non-hydrogen) atoms. The monoisotopic (exact) mass is 469 g/mol. The number of likely N-dealkylation sites (tertiary alicyclic amines) is 1. The summed E-state index contributed by atoms with van der Waals surface area (Å²) in [7, 11) is 3.28. The quantitative estimate of drug-likeness (QED) is 0.578. The molecular formula is C26H32FN3O4. The molecule has 0 spiro atoms. The first-order valence-electron chi connectivity index (χ1n) is 11.7. The van der Waals surface area contributed by atoms with Gasteiger partial charge in [-0.25, -0.2) is 4.39 Å². The Bertz CT molecular complexity index is 1050. The lowest BCUT2D eigenvalue weighted by atomic mass is 10.0. The largest absolute Gasteiger partial charge is 0.497 e. The van der Waals surface area contributed by atoms with E-state index in [1.807, 2.05) is 28.0 Å². The van der Waals surface area contributed by atoms with Crippen molar-refractivity contribution in [2.24, 2.45) is 0 Å². The van der Waals surface area contributed by atoms with Crippen molar-refractivity contribution >= 4 is 17.4 Å². The highest BCUT2D eigenvalue weighted by Gasteiger charge is 2.32. The summed E-state index contributed by atoms with van der Waals surface area (Å²) in [6.07, 6.45) is 2.00. The average molecular weight is 470 g/mol. The Morgan fingerprint density at radius 1 is 1.00 bits per heavy atom. The Hall–Kier alpha value is -3.13. The summed E-state index contributed by atoms with van der Waals surface area (Å²) in [4.78, 5) is 30.6. The Labute approximate surface area is 200 Å². The van der Waals surface area contributed by atoms with Crippen molar-refractivity contribution in [1.82, 2.24) is 9.80 Å². The number of methoxy groups -OCH3 is 2. The second kappa shape index (κ2) is 10.4. The summed E-state index contributed by atoms with van der Waals surface area (Å²) < 4.78 is 25.4. The molecule has 0 unspecified atom stereocenters. The molecule has 7 nitrogen and oxygen atoms in total. The topological polar surface area (TPSA) is 62.3 Å². The number of amides is 1. The minimum absolute atomic E-state index is 0.0893. The third-order valence-electron chi connectivity index (χ3n) is 6.83. The van der Waals surface area contributed by atoms with Gasteiger partial charge in [-0.05, 0) is 50.6 Å². The molecule has 2 fully saturated rings. The van der Waals surface area contributed by atoms with Crippen LogP contribution in [0.1, 0.15) is 41.7 Å². The molecule has 1 atom stereocenters. The number of benzene rings is 2. The van der Waals surface area contributed by atoms with Gasteiger partial charge in [-0.15, -0.1) is 0 Å². The molecule has 4 rings (SSSR count). The lowest BCUT2D eigenvalue weighted by Crippen LogP contribution is -2.51. The molecule has 0 bridgehead atoms. The maximum absolute atomic E-state index is 14.5. The fourth-order valence-electron chi connectivity index (χ4n) is 4.91. The van der Waals surface area contributed by atoms with Crippen LogP contribution < -0.4 is 14.4 Å². The Balaban J connectivity index is 1.37. The minimum atomic E-state index is -0.402. The number of rotatable bonds is 7. The number of ether oxygens (including phenoxy) is 2. The van der Waals surface area contributed by atoms with Crippen molar-refractivity contribution in [2.75, 3.05) is 58.4 Å². The number of halogens is 1. The first-order valence-corrected chi connectivity index (χ1v) is 11.7. The van der Waals surface area contributed by atoms with E-state index >= 15 is 0 Å². The molecule has 0 aliphatic carbocycles. The van der Waals surface area contributed by atoms with Crippen LogP contribution in [-0.2, 0) is 4.79 Å². The number of piperazine rings is 1. The maximum Gasteiger partial charge on any atom is 0.236 e. The standard InChI is InChI=1S/C26H32FN3O4/c1-18(31)19-6-9-24(22(27)15-19)28-11-13-29(14-12-28)26(32)17-30-10-4-5-23(30)21-8-7-20(33-2)16-25(21)34-3/h6-9,15-16,23H,4-5,10-14,17H2,1-3H3/t23-/m1/s1. The SMILES string of the molecule is COc1ccc([C@H]2CCCN2CC(=O)N2CCN(c3ccc(C(C)=O)cc3F)CC2)c(OC)c1. The lowest BCUT2D eigenvalue weighted by molar-refractivity contribution is -0.133. The van der Waals surface area contributed by atoms with E-state index in [9.17, 15) is 14.0 Å². The summed E-state index contributed by atoms with van der Waals surface area (Å²) in [5.41, 5.74) is 1.91. The fraction of sp³-hybridized carbons (Fsp3) is 0.462. The van der Waals surface area contributed by atoms with Crippen LogP contribution in [0.4, 0.5) is 10.1 Å². The van der Waals surface area contributed by atoms with Crippen LogP contribution in [0.2, 0.25) is 0 Å². The summed E-state index contributed by atoms with van der Waals surface area (Å²) in [5.74, 6) is 1.04. The van der Waals surface area contributed by atoms with Crippen molar-refractivity contribution in [2.45, 2.75) is 25.8 Å².